The van der Waals surface area contributed by atoms with Crippen LogP contribution >= 0.6 is 0 Å². The molecule has 0 atom stereocenters. The second kappa shape index (κ2) is 7.42. The number of hydrogen-bond donors (Lipinski definition) is 1. The van der Waals surface area contributed by atoms with Crippen LogP contribution in [0.2, 0.25) is 0 Å². The fourth-order valence-electron chi connectivity index (χ4n) is 2.45. The molecule has 0 bridgehead atoms. The fraction of sp³-hybridized carbons (Fsp3) is 0.211. The van der Waals surface area contributed by atoms with Gasteiger partial charge in [-0.3, -0.25) is 4.79 Å². The van der Waals surface area contributed by atoms with Gasteiger partial charge in [-0.1, -0.05) is 18.2 Å². The third-order valence-electron chi connectivity index (χ3n) is 3.63. The zero-order chi connectivity index (χ0) is 17.7. The second-order valence-electron chi connectivity index (χ2n) is 5.28. The standard InChI is InChI=1S/C19H18N2O3/c1-4-24-19(23)18-12(2)17(13(3)21-18)16(22)10-9-14-5-7-15(11-20)8-6-14/h5-10,21H,4H2,1-3H3. The summed E-state index contributed by atoms with van der Waals surface area (Å²) in [6.07, 6.45) is 3.14. The normalized spacial score (nSPS) is 10.6. The van der Waals surface area contributed by atoms with Gasteiger partial charge in [-0.05, 0) is 50.1 Å². The first-order chi connectivity index (χ1) is 11.5. The van der Waals surface area contributed by atoms with Crippen LogP contribution in [0.25, 0.3) is 6.08 Å². The monoisotopic (exact) mass is 322 g/mol. The smallest absolute Gasteiger partial charge is 0.355 e. The van der Waals surface area contributed by atoms with Crippen molar-refractivity contribution in [1.82, 2.24) is 4.98 Å². The predicted octanol–water partition coefficient (Wildman–Crippen LogP) is 3.58. The van der Waals surface area contributed by atoms with E-state index >= 15 is 0 Å². The van der Waals surface area contributed by atoms with Crippen LogP contribution in [0.5, 0.6) is 0 Å². The molecule has 0 aliphatic carbocycles. The second-order valence-corrected chi connectivity index (χ2v) is 5.28. The molecule has 0 unspecified atom stereocenters. The number of esters is 1. The number of carbonyl (C=O) groups is 2. The molecule has 2 rings (SSSR count). The Labute approximate surface area is 140 Å². The molecule has 0 aliphatic rings. The van der Waals surface area contributed by atoms with Crippen molar-refractivity contribution < 1.29 is 14.3 Å². The number of allylic oxidation sites excluding steroid dienone is 1. The summed E-state index contributed by atoms with van der Waals surface area (Å²) < 4.78 is 4.98. The van der Waals surface area contributed by atoms with Crippen molar-refractivity contribution >= 4 is 17.8 Å². The number of aryl methyl sites for hydroxylation is 1. The third kappa shape index (κ3) is 3.61. The highest BCUT2D eigenvalue weighted by atomic mass is 16.5. The number of rotatable bonds is 5. The molecule has 1 aromatic carbocycles. The minimum Gasteiger partial charge on any atom is -0.461 e. The highest BCUT2D eigenvalue weighted by Gasteiger charge is 2.21. The van der Waals surface area contributed by atoms with Crippen LogP contribution in [0.1, 0.15) is 50.2 Å². The maximum Gasteiger partial charge on any atom is 0.355 e. The summed E-state index contributed by atoms with van der Waals surface area (Å²) in [5.41, 5.74) is 3.38. The van der Waals surface area contributed by atoms with E-state index in [9.17, 15) is 9.59 Å². The van der Waals surface area contributed by atoms with Gasteiger partial charge in [0, 0.05) is 11.3 Å². The van der Waals surface area contributed by atoms with Crippen LogP contribution in [0.15, 0.2) is 30.3 Å². The van der Waals surface area contributed by atoms with Gasteiger partial charge in [-0.15, -0.1) is 0 Å². The average Bonchev–Trinajstić information content (AvgIpc) is 2.88. The van der Waals surface area contributed by atoms with E-state index in [0.29, 0.717) is 28.1 Å². The number of nitrogens with zero attached hydrogens (tertiary/aromatic N) is 1. The molecule has 5 nitrogen and oxygen atoms in total. The number of H-pyrrole nitrogens is 1. The number of nitriles is 1. The van der Waals surface area contributed by atoms with E-state index in [1.165, 1.54) is 6.08 Å². The summed E-state index contributed by atoms with van der Waals surface area (Å²) in [7, 11) is 0. The number of aromatic amines is 1. The van der Waals surface area contributed by atoms with Crippen molar-refractivity contribution in [2.24, 2.45) is 0 Å². The first-order valence-electron chi connectivity index (χ1n) is 7.56. The van der Waals surface area contributed by atoms with E-state index < -0.39 is 5.97 Å². The molecule has 5 heteroatoms. The van der Waals surface area contributed by atoms with E-state index in [4.69, 9.17) is 10.00 Å². The Kier molecular flexibility index (Phi) is 5.33. The summed E-state index contributed by atoms with van der Waals surface area (Å²) >= 11 is 0. The van der Waals surface area contributed by atoms with Gasteiger partial charge in [0.05, 0.1) is 18.2 Å². The first kappa shape index (κ1) is 17.2. The molecule has 0 spiro atoms. The SMILES string of the molecule is CCOC(=O)c1[nH]c(C)c(C(=O)C=Cc2ccc(C#N)cc2)c1C. The van der Waals surface area contributed by atoms with Crippen LogP contribution in [0.3, 0.4) is 0 Å². The summed E-state index contributed by atoms with van der Waals surface area (Å²) in [4.78, 5) is 27.3. The van der Waals surface area contributed by atoms with Crippen LogP contribution in [0, 0.1) is 25.2 Å². The molecule has 0 saturated carbocycles. The van der Waals surface area contributed by atoms with E-state index in [1.807, 2.05) is 6.07 Å². The van der Waals surface area contributed by atoms with Crippen molar-refractivity contribution in [3.8, 4) is 6.07 Å². The molecule has 0 fully saturated rings. The maximum absolute atomic E-state index is 12.5. The molecule has 2 aromatic rings. The van der Waals surface area contributed by atoms with Gasteiger partial charge in [0.2, 0.25) is 0 Å². The van der Waals surface area contributed by atoms with Crippen molar-refractivity contribution in [1.29, 1.82) is 5.26 Å². The molecule has 0 amide bonds. The number of aromatic nitrogens is 1. The van der Waals surface area contributed by atoms with Gasteiger partial charge in [0.1, 0.15) is 5.69 Å². The zero-order valence-electron chi connectivity index (χ0n) is 13.8. The number of ketones is 1. The van der Waals surface area contributed by atoms with E-state index in [2.05, 4.69) is 4.98 Å². The number of carbonyl (C=O) groups excluding carboxylic acids is 2. The van der Waals surface area contributed by atoms with Crippen molar-refractivity contribution in [2.75, 3.05) is 6.61 Å². The van der Waals surface area contributed by atoms with Crippen molar-refractivity contribution in [3.05, 3.63) is 64.0 Å². The zero-order valence-corrected chi connectivity index (χ0v) is 13.8. The highest BCUT2D eigenvalue weighted by molar-refractivity contribution is 6.10. The number of hydrogen-bond acceptors (Lipinski definition) is 4. The first-order valence-corrected chi connectivity index (χ1v) is 7.56. The maximum atomic E-state index is 12.5. The quantitative estimate of drug-likeness (QED) is 0.518. The Morgan fingerprint density at radius 2 is 1.92 bits per heavy atom. The molecule has 1 aromatic heterocycles. The molecule has 24 heavy (non-hydrogen) atoms. The van der Waals surface area contributed by atoms with Gasteiger partial charge in [-0.25, -0.2) is 4.79 Å². The number of nitrogens with one attached hydrogen (secondary N) is 1. The summed E-state index contributed by atoms with van der Waals surface area (Å²) in [6.45, 7) is 5.48. The average molecular weight is 322 g/mol. The topological polar surface area (TPSA) is 83.0 Å². The lowest BCUT2D eigenvalue weighted by Crippen LogP contribution is -2.07. The summed E-state index contributed by atoms with van der Waals surface area (Å²) in [5.74, 6) is -0.658. The van der Waals surface area contributed by atoms with Gasteiger partial charge in [-0.2, -0.15) is 5.26 Å². The predicted molar refractivity (Wildman–Crippen MR) is 90.7 cm³/mol. The Morgan fingerprint density at radius 3 is 2.50 bits per heavy atom. The minimum absolute atomic E-state index is 0.193. The lowest BCUT2D eigenvalue weighted by molar-refractivity contribution is 0.0519. The summed E-state index contributed by atoms with van der Waals surface area (Å²) in [5, 5.41) is 8.78. The number of ether oxygens (including phenoxy) is 1. The molecular weight excluding hydrogens is 304 g/mol. The van der Waals surface area contributed by atoms with Gasteiger partial charge >= 0.3 is 5.97 Å². The van der Waals surface area contributed by atoms with Crippen LogP contribution in [-0.2, 0) is 4.74 Å². The Hall–Kier alpha value is -3.13. The third-order valence-corrected chi connectivity index (χ3v) is 3.63. The molecule has 1 N–H and O–H groups in total. The molecule has 0 saturated heterocycles. The van der Waals surface area contributed by atoms with Crippen LogP contribution < -0.4 is 0 Å². The lowest BCUT2D eigenvalue weighted by atomic mass is 10.0. The molecule has 122 valence electrons. The van der Waals surface area contributed by atoms with E-state index in [0.717, 1.165) is 5.56 Å². The molecule has 0 aliphatic heterocycles. The fourth-order valence-corrected chi connectivity index (χ4v) is 2.45. The van der Waals surface area contributed by atoms with Crippen molar-refractivity contribution in [2.45, 2.75) is 20.8 Å². The Balaban J connectivity index is 2.25. The lowest BCUT2D eigenvalue weighted by Gasteiger charge is -2.00. The van der Waals surface area contributed by atoms with Crippen molar-refractivity contribution in [3.63, 3.8) is 0 Å². The van der Waals surface area contributed by atoms with Crippen LogP contribution in [-0.4, -0.2) is 23.3 Å². The molecular formula is C19H18N2O3. The minimum atomic E-state index is -0.465. The highest BCUT2D eigenvalue weighted by Crippen LogP contribution is 2.20. The van der Waals surface area contributed by atoms with Gasteiger partial charge in [0.15, 0.2) is 5.78 Å². The molecule has 1 heterocycles. The largest absolute Gasteiger partial charge is 0.461 e. The van der Waals surface area contributed by atoms with Gasteiger partial charge < -0.3 is 9.72 Å². The van der Waals surface area contributed by atoms with Crippen LogP contribution in [0.4, 0.5) is 0 Å². The van der Waals surface area contributed by atoms with E-state index in [-0.39, 0.29) is 12.4 Å². The Morgan fingerprint density at radius 1 is 1.25 bits per heavy atom. The number of benzene rings is 1. The molecule has 0 radical (unpaired) electrons. The Bertz CT molecular complexity index is 837. The van der Waals surface area contributed by atoms with Gasteiger partial charge in [0.25, 0.3) is 0 Å². The summed E-state index contributed by atoms with van der Waals surface area (Å²) in [6, 6.07) is 8.96. The van der Waals surface area contributed by atoms with E-state index in [1.54, 1.807) is 51.1 Å².